The van der Waals surface area contributed by atoms with E-state index in [1.165, 1.54) is 16.7 Å². The van der Waals surface area contributed by atoms with Gasteiger partial charge < -0.3 is 5.11 Å². The highest BCUT2D eigenvalue weighted by atomic mass is 16.3. The largest absolute Gasteiger partial charge is 0.388 e. The van der Waals surface area contributed by atoms with E-state index in [4.69, 9.17) is 0 Å². The lowest BCUT2D eigenvalue weighted by Crippen LogP contribution is -2.02. The Hall–Kier alpha value is -1.60. The minimum atomic E-state index is -0.428. The van der Waals surface area contributed by atoms with Gasteiger partial charge in [-0.15, -0.1) is 0 Å². The van der Waals surface area contributed by atoms with Crippen molar-refractivity contribution in [2.24, 2.45) is 0 Å². The Bertz CT molecular complexity index is 542. The zero-order valence-electron chi connectivity index (χ0n) is 12.6. The van der Waals surface area contributed by atoms with Crippen molar-refractivity contribution < 1.29 is 5.11 Å². The Labute approximate surface area is 122 Å². The average molecular weight is 268 g/mol. The third kappa shape index (κ3) is 3.71. The molecule has 0 saturated carbocycles. The van der Waals surface area contributed by atoms with Gasteiger partial charge in [0.1, 0.15) is 0 Å². The zero-order chi connectivity index (χ0) is 14.5. The lowest BCUT2D eigenvalue weighted by Gasteiger charge is -2.14. The number of aryl methyl sites for hydroxylation is 1. The Kier molecular flexibility index (Phi) is 4.97. The van der Waals surface area contributed by atoms with Crippen molar-refractivity contribution in [1.82, 2.24) is 0 Å². The van der Waals surface area contributed by atoms with Crippen LogP contribution < -0.4 is 0 Å². The van der Waals surface area contributed by atoms with Crippen molar-refractivity contribution in [3.8, 4) is 0 Å². The van der Waals surface area contributed by atoms with Gasteiger partial charge in [-0.05, 0) is 36.0 Å². The molecule has 2 aromatic carbocycles. The smallest absolute Gasteiger partial charge is 0.0830 e. The molecule has 0 saturated heterocycles. The van der Waals surface area contributed by atoms with Crippen LogP contribution >= 0.6 is 0 Å². The fraction of sp³-hybridized carbons (Fsp3) is 0.368. The SMILES string of the molecule is CCC(C)c1ccc(C(O)Cc2cccc(C)c2)cc1. The second-order valence-electron chi connectivity index (χ2n) is 5.68. The zero-order valence-corrected chi connectivity index (χ0v) is 12.6. The molecule has 1 nitrogen and oxygen atoms in total. The highest BCUT2D eigenvalue weighted by Crippen LogP contribution is 2.23. The molecule has 0 heterocycles. The first-order valence-corrected chi connectivity index (χ1v) is 7.43. The first kappa shape index (κ1) is 14.8. The van der Waals surface area contributed by atoms with E-state index in [1.54, 1.807) is 0 Å². The summed E-state index contributed by atoms with van der Waals surface area (Å²) in [7, 11) is 0. The molecular weight excluding hydrogens is 244 g/mol. The molecule has 1 heteroatoms. The van der Waals surface area contributed by atoms with E-state index in [-0.39, 0.29) is 0 Å². The molecule has 2 aromatic rings. The van der Waals surface area contributed by atoms with Crippen molar-refractivity contribution in [2.75, 3.05) is 0 Å². The molecular formula is C19H24O. The average Bonchev–Trinajstić information content (AvgIpc) is 2.46. The van der Waals surface area contributed by atoms with Gasteiger partial charge in [-0.3, -0.25) is 0 Å². The van der Waals surface area contributed by atoms with Gasteiger partial charge >= 0.3 is 0 Å². The predicted octanol–water partition coefficient (Wildman–Crippen LogP) is 4.78. The number of benzene rings is 2. The molecule has 0 fully saturated rings. The topological polar surface area (TPSA) is 20.2 Å². The minimum absolute atomic E-state index is 0.428. The van der Waals surface area contributed by atoms with E-state index < -0.39 is 6.10 Å². The van der Waals surface area contributed by atoms with Crippen LogP contribution in [0.25, 0.3) is 0 Å². The summed E-state index contributed by atoms with van der Waals surface area (Å²) in [6, 6.07) is 16.7. The molecule has 0 amide bonds. The first-order chi connectivity index (χ1) is 9.60. The van der Waals surface area contributed by atoms with E-state index >= 15 is 0 Å². The maximum atomic E-state index is 10.4. The fourth-order valence-corrected chi connectivity index (χ4v) is 2.46. The van der Waals surface area contributed by atoms with Crippen molar-refractivity contribution in [2.45, 2.75) is 45.6 Å². The summed E-state index contributed by atoms with van der Waals surface area (Å²) in [6.45, 7) is 6.51. The summed E-state index contributed by atoms with van der Waals surface area (Å²) >= 11 is 0. The molecule has 2 unspecified atom stereocenters. The summed E-state index contributed by atoms with van der Waals surface area (Å²) in [5, 5.41) is 10.4. The van der Waals surface area contributed by atoms with Gasteiger partial charge in [0.05, 0.1) is 6.10 Å². The lowest BCUT2D eigenvalue weighted by atomic mass is 9.95. The van der Waals surface area contributed by atoms with Crippen LogP contribution in [-0.4, -0.2) is 5.11 Å². The van der Waals surface area contributed by atoms with E-state index in [2.05, 4.69) is 63.2 Å². The number of aliphatic hydroxyl groups is 1. The van der Waals surface area contributed by atoms with Gasteiger partial charge in [-0.1, -0.05) is 67.9 Å². The van der Waals surface area contributed by atoms with Crippen LogP contribution in [0.2, 0.25) is 0 Å². The number of hydrogen-bond donors (Lipinski definition) is 1. The van der Waals surface area contributed by atoms with Gasteiger partial charge in [0, 0.05) is 6.42 Å². The maximum absolute atomic E-state index is 10.4. The molecule has 2 rings (SSSR count). The fourth-order valence-electron chi connectivity index (χ4n) is 2.46. The quantitative estimate of drug-likeness (QED) is 0.827. The molecule has 0 aliphatic carbocycles. The molecule has 20 heavy (non-hydrogen) atoms. The number of rotatable bonds is 5. The van der Waals surface area contributed by atoms with Crippen LogP contribution in [0.4, 0.5) is 0 Å². The standard InChI is InChI=1S/C19H24O/c1-4-15(3)17-8-10-18(11-9-17)19(20)13-16-7-5-6-14(2)12-16/h5-12,15,19-20H,4,13H2,1-3H3. The second-order valence-corrected chi connectivity index (χ2v) is 5.68. The van der Waals surface area contributed by atoms with Crippen LogP contribution in [0.3, 0.4) is 0 Å². The van der Waals surface area contributed by atoms with Crippen LogP contribution in [0.15, 0.2) is 48.5 Å². The lowest BCUT2D eigenvalue weighted by molar-refractivity contribution is 0.178. The Morgan fingerprint density at radius 2 is 1.65 bits per heavy atom. The van der Waals surface area contributed by atoms with Crippen molar-refractivity contribution in [3.63, 3.8) is 0 Å². The highest BCUT2D eigenvalue weighted by molar-refractivity contribution is 5.29. The molecule has 0 radical (unpaired) electrons. The van der Waals surface area contributed by atoms with Crippen molar-refractivity contribution in [1.29, 1.82) is 0 Å². The Balaban J connectivity index is 2.07. The second kappa shape index (κ2) is 6.71. The third-order valence-corrected chi connectivity index (χ3v) is 4.01. The summed E-state index contributed by atoms with van der Waals surface area (Å²) in [6.07, 6.45) is 1.39. The third-order valence-electron chi connectivity index (χ3n) is 4.01. The van der Waals surface area contributed by atoms with Crippen molar-refractivity contribution in [3.05, 3.63) is 70.8 Å². The normalized spacial score (nSPS) is 14.0. The molecule has 0 spiro atoms. The van der Waals surface area contributed by atoms with Crippen LogP contribution in [0.1, 0.15) is 54.5 Å². The van der Waals surface area contributed by atoms with Gasteiger partial charge in [0.15, 0.2) is 0 Å². The molecule has 0 aliphatic rings. The van der Waals surface area contributed by atoms with Crippen LogP contribution in [0.5, 0.6) is 0 Å². The van der Waals surface area contributed by atoms with Crippen molar-refractivity contribution >= 4 is 0 Å². The Morgan fingerprint density at radius 1 is 1.00 bits per heavy atom. The number of hydrogen-bond acceptors (Lipinski definition) is 1. The summed E-state index contributed by atoms with van der Waals surface area (Å²) in [4.78, 5) is 0. The molecule has 106 valence electrons. The van der Waals surface area contributed by atoms with Gasteiger partial charge in [0.2, 0.25) is 0 Å². The molecule has 2 atom stereocenters. The summed E-state index contributed by atoms with van der Waals surface area (Å²) in [5.41, 5.74) is 4.77. The predicted molar refractivity (Wildman–Crippen MR) is 85.0 cm³/mol. The summed E-state index contributed by atoms with van der Waals surface area (Å²) < 4.78 is 0. The van der Waals surface area contributed by atoms with Gasteiger partial charge in [-0.25, -0.2) is 0 Å². The molecule has 0 bridgehead atoms. The van der Waals surface area contributed by atoms with E-state index in [9.17, 15) is 5.11 Å². The van der Waals surface area contributed by atoms with E-state index in [0.717, 1.165) is 12.0 Å². The summed E-state index contributed by atoms with van der Waals surface area (Å²) in [5.74, 6) is 0.581. The van der Waals surface area contributed by atoms with Gasteiger partial charge in [0.25, 0.3) is 0 Å². The highest BCUT2D eigenvalue weighted by Gasteiger charge is 2.10. The van der Waals surface area contributed by atoms with E-state index in [0.29, 0.717) is 12.3 Å². The van der Waals surface area contributed by atoms with Crippen LogP contribution in [-0.2, 0) is 6.42 Å². The first-order valence-electron chi connectivity index (χ1n) is 7.43. The number of aliphatic hydroxyl groups excluding tert-OH is 1. The molecule has 1 N–H and O–H groups in total. The van der Waals surface area contributed by atoms with E-state index in [1.807, 2.05) is 6.07 Å². The monoisotopic (exact) mass is 268 g/mol. The Morgan fingerprint density at radius 3 is 2.25 bits per heavy atom. The molecule has 0 aromatic heterocycles. The van der Waals surface area contributed by atoms with Crippen LogP contribution in [0, 0.1) is 6.92 Å². The molecule has 0 aliphatic heterocycles. The minimum Gasteiger partial charge on any atom is -0.388 e. The maximum Gasteiger partial charge on any atom is 0.0830 e. The van der Waals surface area contributed by atoms with Gasteiger partial charge in [-0.2, -0.15) is 0 Å².